The van der Waals surface area contributed by atoms with Crippen LogP contribution in [0.25, 0.3) is 0 Å². The van der Waals surface area contributed by atoms with Crippen molar-refractivity contribution in [3.8, 4) is 0 Å². The van der Waals surface area contributed by atoms with E-state index in [4.69, 9.17) is 4.74 Å². The van der Waals surface area contributed by atoms with E-state index < -0.39 is 5.60 Å². The Hall–Kier alpha value is -0.860. The number of aliphatic hydroxyl groups is 1. The van der Waals surface area contributed by atoms with Gasteiger partial charge in [0.05, 0.1) is 11.7 Å². The van der Waals surface area contributed by atoms with Crippen molar-refractivity contribution in [3.63, 3.8) is 0 Å². The molecule has 2 rings (SSSR count). The summed E-state index contributed by atoms with van der Waals surface area (Å²) in [4.78, 5) is 0. The fraction of sp³-hybridized carbons (Fsp3) is 0.571. The Morgan fingerprint density at radius 1 is 1.38 bits per heavy atom. The van der Waals surface area contributed by atoms with Crippen LogP contribution in [-0.2, 0) is 10.3 Å². The summed E-state index contributed by atoms with van der Waals surface area (Å²) >= 11 is 0. The third-order valence-electron chi connectivity index (χ3n) is 3.43. The molecular formula is C14H20O2. The quantitative estimate of drug-likeness (QED) is 0.848. The first-order valence-corrected chi connectivity index (χ1v) is 5.97. The highest BCUT2D eigenvalue weighted by Gasteiger charge is 2.45. The molecule has 88 valence electrons. The zero-order valence-electron chi connectivity index (χ0n) is 10.3. The van der Waals surface area contributed by atoms with Gasteiger partial charge in [0, 0.05) is 19.4 Å². The summed E-state index contributed by atoms with van der Waals surface area (Å²) in [6.45, 7) is 6.84. The van der Waals surface area contributed by atoms with Gasteiger partial charge in [0.25, 0.3) is 0 Å². The molecule has 0 radical (unpaired) electrons. The molecule has 0 aromatic heterocycles. The van der Waals surface area contributed by atoms with Crippen molar-refractivity contribution in [3.05, 3.63) is 34.9 Å². The van der Waals surface area contributed by atoms with Crippen LogP contribution in [0, 0.1) is 13.8 Å². The molecule has 0 spiro atoms. The minimum absolute atomic E-state index is 0.231. The number of ether oxygens (including phenoxy) is 1. The second-order valence-electron chi connectivity index (χ2n) is 4.84. The Balaban J connectivity index is 2.16. The van der Waals surface area contributed by atoms with Crippen LogP contribution < -0.4 is 0 Å². The van der Waals surface area contributed by atoms with E-state index >= 15 is 0 Å². The van der Waals surface area contributed by atoms with Gasteiger partial charge in [-0.1, -0.05) is 23.8 Å². The highest BCUT2D eigenvalue weighted by molar-refractivity contribution is 5.36. The number of hydrogen-bond donors (Lipinski definition) is 1. The molecule has 2 nitrogen and oxygen atoms in total. The normalized spacial score (nSPS) is 28.9. The second kappa shape index (κ2) is 4.19. The van der Waals surface area contributed by atoms with E-state index in [9.17, 15) is 5.11 Å². The molecule has 0 saturated heterocycles. The van der Waals surface area contributed by atoms with Gasteiger partial charge in [-0.15, -0.1) is 0 Å². The van der Waals surface area contributed by atoms with Gasteiger partial charge in [-0.3, -0.25) is 0 Å². The van der Waals surface area contributed by atoms with Crippen LogP contribution in [0.3, 0.4) is 0 Å². The zero-order chi connectivity index (χ0) is 11.8. The molecule has 1 N–H and O–H groups in total. The molecule has 0 amide bonds. The fourth-order valence-electron chi connectivity index (χ4n) is 2.50. The second-order valence-corrected chi connectivity index (χ2v) is 4.84. The monoisotopic (exact) mass is 220 g/mol. The molecule has 1 saturated carbocycles. The van der Waals surface area contributed by atoms with Gasteiger partial charge in [0.1, 0.15) is 0 Å². The minimum atomic E-state index is -0.657. The molecule has 1 aliphatic rings. The van der Waals surface area contributed by atoms with Crippen molar-refractivity contribution in [2.24, 2.45) is 0 Å². The van der Waals surface area contributed by atoms with Crippen molar-refractivity contribution in [2.45, 2.75) is 45.3 Å². The lowest BCUT2D eigenvalue weighted by atomic mass is 9.71. The highest BCUT2D eigenvalue weighted by atomic mass is 16.5. The predicted octanol–water partition coefficient (Wildman–Crippen LogP) is 2.69. The van der Waals surface area contributed by atoms with E-state index in [0.717, 1.165) is 25.0 Å². The number of benzene rings is 1. The molecule has 1 aromatic carbocycles. The largest absolute Gasteiger partial charge is 0.385 e. The van der Waals surface area contributed by atoms with E-state index in [1.165, 1.54) is 11.1 Å². The predicted molar refractivity (Wildman–Crippen MR) is 64.5 cm³/mol. The van der Waals surface area contributed by atoms with Gasteiger partial charge in [-0.05, 0) is 31.9 Å². The van der Waals surface area contributed by atoms with E-state index in [2.05, 4.69) is 32.0 Å². The van der Waals surface area contributed by atoms with E-state index in [-0.39, 0.29) is 6.10 Å². The molecule has 1 aromatic rings. The Bertz CT molecular complexity index is 378. The summed E-state index contributed by atoms with van der Waals surface area (Å²) in [5.74, 6) is 0. The van der Waals surface area contributed by atoms with Crippen molar-refractivity contribution < 1.29 is 9.84 Å². The van der Waals surface area contributed by atoms with Crippen molar-refractivity contribution in [1.29, 1.82) is 0 Å². The van der Waals surface area contributed by atoms with Crippen molar-refractivity contribution in [1.82, 2.24) is 0 Å². The lowest BCUT2D eigenvalue weighted by Crippen LogP contribution is -2.46. The molecule has 0 aliphatic heterocycles. The Morgan fingerprint density at radius 3 is 2.69 bits per heavy atom. The maximum Gasteiger partial charge on any atom is 0.0948 e. The Labute approximate surface area is 97.3 Å². The van der Waals surface area contributed by atoms with Crippen LogP contribution >= 0.6 is 0 Å². The first-order valence-electron chi connectivity index (χ1n) is 5.97. The fourth-order valence-corrected chi connectivity index (χ4v) is 2.50. The van der Waals surface area contributed by atoms with Crippen LogP contribution in [0.5, 0.6) is 0 Å². The first-order chi connectivity index (χ1) is 7.55. The number of aryl methyl sites for hydroxylation is 2. The standard InChI is InChI=1S/C14H20O2/c1-4-16-12-8-14(15,9-12)13-7-10(2)5-6-11(13)3/h5-7,12,15H,4,8-9H2,1-3H3. The molecule has 2 heteroatoms. The van der Waals surface area contributed by atoms with Crippen molar-refractivity contribution >= 4 is 0 Å². The maximum absolute atomic E-state index is 10.5. The SMILES string of the molecule is CCOC1CC(O)(c2cc(C)ccc2C)C1. The molecule has 0 atom stereocenters. The Morgan fingerprint density at radius 2 is 2.06 bits per heavy atom. The van der Waals surface area contributed by atoms with Gasteiger partial charge in [0.2, 0.25) is 0 Å². The third-order valence-corrected chi connectivity index (χ3v) is 3.43. The summed E-state index contributed by atoms with van der Waals surface area (Å²) in [6, 6.07) is 6.26. The van der Waals surface area contributed by atoms with Gasteiger partial charge >= 0.3 is 0 Å². The summed E-state index contributed by atoms with van der Waals surface area (Å²) < 4.78 is 5.50. The van der Waals surface area contributed by atoms with Gasteiger partial charge < -0.3 is 9.84 Å². The van der Waals surface area contributed by atoms with E-state index in [0.29, 0.717) is 0 Å². The molecular weight excluding hydrogens is 200 g/mol. The van der Waals surface area contributed by atoms with Gasteiger partial charge in [-0.25, -0.2) is 0 Å². The lowest BCUT2D eigenvalue weighted by molar-refractivity contribution is -0.143. The van der Waals surface area contributed by atoms with Crippen LogP contribution in [-0.4, -0.2) is 17.8 Å². The van der Waals surface area contributed by atoms with Crippen LogP contribution in [0.15, 0.2) is 18.2 Å². The highest BCUT2D eigenvalue weighted by Crippen LogP contribution is 2.44. The third kappa shape index (κ3) is 2.00. The summed E-state index contributed by atoms with van der Waals surface area (Å²) in [5, 5.41) is 10.5. The first kappa shape index (κ1) is 11.6. The summed E-state index contributed by atoms with van der Waals surface area (Å²) in [5.41, 5.74) is 2.79. The zero-order valence-corrected chi connectivity index (χ0v) is 10.3. The maximum atomic E-state index is 10.5. The van der Waals surface area contributed by atoms with Crippen LogP contribution in [0.2, 0.25) is 0 Å². The topological polar surface area (TPSA) is 29.5 Å². The average molecular weight is 220 g/mol. The average Bonchev–Trinajstić information content (AvgIpc) is 2.19. The van der Waals surface area contributed by atoms with Crippen LogP contribution in [0.1, 0.15) is 36.5 Å². The minimum Gasteiger partial charge on any atom is -0.385 e. The van der Waals surface area contributed by atoms with Crippen LogP contribution in [0.4, 0.5) is 0 Å². The van der Waals surface area contributed by atoms with Crippen molar-refractivity contribution in [2.75, 3.05) is 6.61 Å². The van der Waals surface area contributed by atoms with E-state index in [1.807, 2.05) is 6.92 Å². The molecule has 0 unspecified atom stereocenters. The van der Waals surface area contributed by atoms with Gasteiger partial charge in [0.15, 0.2) is 0 Å². The molecule has 0 bridgehead atoms. The smallest absolute Gasteiger partial charge is 0.0948 e. The molecule has 16 heavy (non-hydrogen) atoms. The van der Waals surface area contributed by atoms with E-state index in [1.54, 1.807) is 0 Å². The molecule has 1 aliphatic carbocycles. The summed E-state index contributed by atoms with van der Waals surface area (Å²) in [6.07, 6.45) is 1.69. The number of hydrogen-bond acceptors (Lipinski definition) is 2. The number of rotatable bonds is 3. The Kier molecular flexibility index (Phi) is 3.04. The lowest BCUT2D eigenvalue weighted by Gasteiger charge is -2.44. The molecule has 0 heterocycles. The van der Waals surface area contributed by atoms with Gasteiger partial charge in [-0.2, -0.15) is 0 Å². The molecule has 1 fully saturated rings. The summed E-state index contributed by atoms with van der Waals surface area (Å²) in [7, 11) is 0.